The lowest BCUT2D eigenvalue weighted by Crippen LogP contribution is -2.49. The van der Waals surface area contributed by atoms with E-state index in [0.29, 0.717) is 22.9 Å². The monoisotopic (exact) mass is 497 g/mol. The molecule has 2 aromatic carbocycles. The van der Waals surface area contributed by atoms with E-state index in [1.807, 2.05) is 38.1 Å². The smallest absolute Gasteiger partial charge is 0.262 e. The van der Waals surface area contributed by atoms with Crippen molar-refractivity contribution in [3.05, 3.63) is 70.6 Å². The first-order valence-electron chi connectivity index (χ1n) is 11.0. The number of hydrogen-bond acceptors (Lipinski definition) is 6. The van der Waals surface area contributed by atoms with Crippen molar-refractivity contribution < 1.29 is 9.18 Å². The molecule has 1 amide bonds. The predicted molar refractivity (Wildman–Crippen MR) is 136 cm³/mol. The number of aryl methyl sites for hydroxylation is 2. The molecule has 9 heteroatoms. The molecule has 1 N–H and O–H groups in total. The molecule has 0 bridgehead atoms. The van der Waals surface area contributed by atoms with Crippen LogP contribution in [0.2, 0.25) is 0 Å². The number of hydrogen-bond donors (Lipinski definition) is 1. The summed E-state index contributed by atoms with van der Waals surface area (Å²) in [6, 6.07) is 12.5. The molecule has 4 aromatic rings. The van der Waals surface area contributed by atoms with Crippen LogP contribution in [0.25, 0.3) is 21.3 Å². The first-order chi connectivity index (χ1) is 16.0. The summed E-state index contributed by atoms with van der Waals surface area (Å²) in [6.45, 7) is 5.41. The molecule has 0 unspecified atom stereocenters. The Morgan fingerprint density at radius 2 is 2.03 bits per heavy atom. The lowest BCUT2D eigenvalue weighted by molar-refractivity contribution is 0.0968. The molecule has 0 spiro atoms. The van der Waals surface area contributed by atoms with E-state index < -0.39 is 5.82 Å². The molecule has 0 aliphatic carbocycles. The van der Waals surface area contributed by atoms with Crippen LogP contribution in [0.15, 0.2) is 48.7 Å². The first kappa shape index (κ1) is 24.2. The van der Waals surface area contributed by atoms with Gasteiger partial charge in [-0.3, -0.25) is 9.69 Å². The maximum atomic E-state index is 15.3. The van der Waals surface area contributed by atoms with Crippen molar-refractivity contribution in [2.24, 2.45) is 0 Å². The van der Waals surface area contributed by atoms with Crippen molar-refractivity contribution in [1.29, 1.82) is 0 Å². The molecule has 1 atom stereocenters. The number of amides is 1. The number of fused-ring (bicyclic) bond motifs is 1. The number of carbonyl (C=O) groups is 1. The number of rotatable bonds is 4. The van der Waals surface area contributed by atoms with Gasteiger partial charge in [0.2, 0.25) is 0 Å². The fourth-order valence-corrected chi connectivity index (χ4v) is 5.11. The number of pyridine rings is 1. The average Bonchev–Trinajstić information content (AvgIpc) is 3.26. The topological polar surface area (TPSA) is 71.0 Å². The highest BCUT2D eigenvalue weighted by Gasteiger charge is 2.31. The highest BCUT2D eigenvalue weighted by atomic mass is 35.5. The minimum absolute atomic E-state index is 0. The Hall–Kier alpha value is -2.94. The van der Waals surface area contributed by atoms with Gasteiger partial charge in [-0.15, -0.1) is 22.6 Å². The van der Waals surface area contributed by atoms with E-state index in [1.54, 1.807) is 23.2 Å². The lowest BCUT2D eigenvalue weighted by Gasteiger charge is -2.35. The van der Waals surface area contributed by atoms with Crippen molar-refractivity contribution >= 4 is 46.2 Å². The third-order valence-electron chi connectivity index (χ3n) is 6.04. The highest BCUT2D eigenvalue weighted by molar-refractivity contribution is 7.14. The zero-order chi connectivity index (χ0) is 22.9. The third-order valence-corrected chi connectivity index (χ3v) is 6.92. The van der Waals surface area contributed by atoms with E-state index in [-0.39, 0.29) is 29.9 Å². The zero-order valence-electron chi connectivity index (χ0n) is 18.9. The van der Waals surface area contributed by atoms with Gasteiger partial charge in [0.1, 0.15) is 21.7 Å². The van der Waals surface area contributed by atoms with E-state index >= 15 is 4.39 Å². The van der Waals surface area contributed by atoms with Gasteiger partial charge in [0.05, 0.1) is 11.6 Å². The van der Waals surface area contributed by atoms with Crippen molar-refractivity contribution in [2.75, 3.05) is 18.0 Å². The van der Waals surface area contributed by atoms with E-state index in [0.717, 1.165) is 40.7 Å². The normalized spacial score (nSPS) is 15.7. The van der Waals surface area contributed by atoms with Gasteiger partial charge in [0.15, 0.2) is 0 Å². The maximum absolute atomic E-state index is 15.3. The van der Waals surface area contributed by atoms with Crippen LogP contribution in [0.3, 0.4) is 0 Å². The molecule has 6 nitrogen and oxygen atoms in total. The molecule has 34 heavy (non-hydrogen) atoms. The first-order valence-corrected chi connectivity index (χ1v) is 11.8. The van der Waals surface area contributed by atoms with E-state index in [1.165, 1.54) is 17.4 Å². The van der Waals surface area contributed by atoms with Crippen LogP contribution in [-0.2, 0) is 0 Å². The minimum Gasteiger partial charge on any atom is -0.315 e. The van der Waals surface area contributed by atoms with Gasteiger partial charge >= 0.3 is 0 Å². The second-order valence-electron chi connectivity index (χ2n) is 8.30. The molecule has 0 saturated carbocycles. The predicted octanol–water partition coefficient (Wildman–Crippen LogP) is 5.33. The summed E-state index contributed by atoms with van der Waals surface area (Å²) in [6.07, 6.45) is 3.48. The Kier molecular flexibility index (Phi) is 7.21. The van der Waals surface area contributed by atoms with Crippen LogP contribution in [0.1, 0.15) is 33.8 Å². The maximum Gasteiger partial charge on any atom is 0.262 e. The quantitative estimate of drug-likeness (QED) is 0.412. The minimum atomic E-state index is -0.573. The van der Waals surface area contributed by atoms with Crippen molar-refractivity contribution in [1.82, 2.24) is 20.5 Å². The highest BCUT2D eigenvalue weighted by Crippen LogP contribution is 2.32. The number of piperidine rings is 1. The fourth-order valence-electron chi connectivity index (χ4n) is 4.42. The van der Waals surface area contributed by atoms with Gasteiger partial charge in [-0.1, -0.05) is 35.6 Å². The summed E-state index contributed by atoms with van der Waals surface area (Å²) in [4.78, 5) is 20.2. The number of halogens is 2. The van der Waals surface area contributed by atoms with Crippen LogP contribution in [-0.4, -0.2) is 40.2 Å². The molecular weight excluding hydrogens is 473 g/mol. The number of nitrogens with one attached hydrogen (secondary N) is 1. The number of carbonyl (C=O) groups excluding carboxylic acids is 1. The molecule has 1 aliphatic heterocycles. The van der Waals surface area contributed by atoms with Gasteiger partial charge < -0.3 is 5.32 Å². The van der Waals surface area contributed by atoms with Gasteiger partial charge in [-0.05, 0) is 62.4 Å². The lowest BCUT2D eigenvalue weighted by atomic mass is 10.0. The summed E-state index contributed by atoms with van der Waals surface area (Å²) in [7, 11) is 0. The molecule has 1 fully saturated rings. The molecule has 1 saturated heterocycles. The molecule has 0 radical (unpaired) electrons. The molecule has 3 heterocycles. The second-order valence-corrected chi connectivity index (χ2v) is 9.49. The summed E-state index contributed by atoms with van der Waals surface area (Å²) < 4.78 is 15.3. The Labute approximate surface area is 207 Å². The van der Waals surface area contributed by atoms with E-state index in [9.17, 15) is 4.79 Å². The second kappa shape index (κ2) is 10.1. The van der Waals surface area contributed by atoms with E-state index in [2.05, 4.69) is 20.5 Å². The molecule has 1 aliphatic rings. The number of aromatic nitrogens is 3. The fraction of sp³-hybridized carbons (Fsp3) is 0.280. The van der Waals surface area contributed by atoms with Gasteiger partial charge in [0.25, 0.3) is 5.91 Å². The van der Waals surface area contributed by atoms with Crippen LogP contribution >= 0.6 is 23.7 Å². The molecule has 2 aromatic heterocycles. The Morgan fingerprint density at radius 3 is 2.74 bits per heavy atom. The van der Waals surface area contributed by atoms with Gasteiger partial charge in [-0.25, -0.2) is 9.37 Å². The average molecular weight is 498 g/mol. The molecule has 176 valence electrons. The van der Waals surface area contributed by atoms with Gasteiger partial charge in [-0.2, -0.15) is 0 Å². The summed E-state index contributed by atoms with van der Waals surface area (Å²) in [5, 5.41) is 14.8. The molecular formula is C25H25ClFN5OS. The Morgan fingerprint density at radius 1 is 1.18 bits per heavy atom. The van der Waals surface area contributed by atoms with Crippen LogP contribution in [0, 0.1) is 19.7 Å². The summed E-state index contributed by atoms with van der Waals surface area (Å²) in [5.74, 6) is -0.381. The van der Waals surface area contributed by atoms with Crippen LogP contribution < -0.4 is 10.2 Å². The number of benzene rings is 2. The third kappa shape index (κ3) is 4.53. The summed E-state index contributed by atoms with van der Waals surface area (Å²) >= 11 is 1.39. The standard InChI is InChI=1S/C25H24FN5OS.ClH/c1-15-5-3-6-17-10-12-28-23(22(15)17)31(19-7-4-11-27-14-19)25(32)20-9-8-18(13-21(20)26)24-30-29-16(2)33-24;/h3,5-6,8-10,12-13,19,27H,4,7,11,14H2,1-2H3;1H/t19-;/m1./s1. The number of anilines is 1. The molecule has 5 rings (SSSR count). The largest absolute Gasteiger partial charge is 0.315 e. The SMILES string of the molecule is Cc1nnc(-c2ccc(C(=O)N(c3nccc4cccc(C)c34)[C@@H]3CCCNC3)c(F)c2)s1.Cl. The van der Waals surface area contributed by atoms with Crippen molar-refractivity contribution in [3.8, 4) is 10.6 Å². The van der Waals surface area contributed by atoms with Crippen LogP contribution in [0.4, 0.5) is 10.2 Å². The zero-order valence-corrected chi connectivity index (χ0v) is 20.5. The number of nitrogens with zero attached hydrogens (tertiary/aromatic N) is 4. The van der Waals surface area contributed by atoms with Gasteiger partial charge in [0, 0.05) is 23.7 Å². The van der Waals surface area contributed by atoms with Crippen molar-refractivity contribution in [3.63, 3.8) is 0 Å². The summed E-state index contributed by atoms with van der Waals surface area (Å²) in [5.41, 5.74) is 1.66. The van der Waals surface area contributed by atoms with Crippen molar-refractivity contribution in [2.45, 2.75) is 32.7 Å². The van der Waals surface area contributed by atoms with Crippen LogP contribution in [0.5, 0.6) is 0 Å². The Bertz CT molecular complexity index is 1330. The van der Waals surface area contributed by atoms with E-state index in [4.69, 9.17) is 0 Å². The Balaban J connectivity index is 0.00000274.